The second-order valence-corrected chi connectivity index (χ2v) is 5.85. The molecule has 2 aliphatic rings. The lowest BCUT2D eigenvalue weighted by Gasteiger charge is -2.14. The zero-order valence-electron chi connectivity index (χ0n) is 7.88. The van der Waals surface area contributed by atoms with Crippen LogP contribution in [0.2, 0.25) is 0 Å². The van der Waals surface area contributed by atoms with Crippen molar-refractivity contribution >= 4 is 29.1 Å². The van der Waals surface area contributed by atoms with Crippen LogP contribution in [-0.4, -0.2) is 34.8 Å². The molecular weight excluding hydrogens is 223 g/mol. The van der Waals surface area contributed by atoms with Gasteiger partial charge >= 0.3 is 0 Å². The Balaban J connectivity index is 1.77. The standard InChI is InChI=1S/C9H14Cl2N2O/c10-9(11)3-7(9)5-13-2-1-6(4-13)8(12)14/h6-7H,1-5H2,(H2,12,14)/t6-,7-/m0/s1. The fourth-order valence-electron chi connectivity index (χ4n) is 2.01. The summed E-state index contributed by atoms with van der Waals surface area (Å²) in [6, 6.07) is 0. The van der Waals surface area contributed by atoms with E-state index in [0.717, 1.165) is 32.5 Å². The van der Waals surface area contributed by atoms with Gasteiger partial charge in [-0.25, -0.2) is 0 Å². The molecule has 0 bridgehead atoms. The van der Waals surface area contributed by atoms with Gasteiger partial charge in [0, 0.05) is 19.0 Å². The Morgan fingerprint density at radius 3 is 2.64 bits per heavy atom. The highest BCUT2D eigenvalue weighted by Gasteiger charge is 2.52. The molecule has 0 aromatic rings. The van der Waals surface area contributed by atoms with E-state index in [1.54, 1.807) is 0 Å². The monoisotopic (exact) mass is 236 g/mol. The van der Waals surface area contributed by atoms with Crippen molar-refractivity contribution in [1.29, 1.82) is 0 Å². The van der Waals surface area contributed by atoms with Gasteiger partial charge in [-0.1, -0.05) is 0 Å². The lowest BCUT2D eigenvalue weighted by Crippen LogP contribution is -2.29. The largest absolute Gasteiger partial charge is 0.369 e. The van der Waals surface area contributed by atoms with Crippen molar-refractivity contribution in [2.75, 3.05) is 19.6 Å². The lowest BCUT2D eigenvalue weighted by atomic mass is 10.1. The van der Waals surface area contributed by atoms with Crippen LogP contribution in [-0.2, 0) is 4.79 Å². The minimum atomic E-state index is -0.509. The van der Waals surface area contributed by atoms with Crippen LogP contribution in [0.3, 0.4) is 0 Å². The lowest BCUT2D eigenvalue weighted by molar-refractivity contribution is -0.121. The molecule has 0 unspecified atom stereocenters. The maximum atomic E-state index is 10.9. The normalized spacial score (nSPS) is 35.9. The smallest absolute Gasteiger partial charge is 0.221 e. The molecule has 2 atom stereocenters. The van der Waals surface area contributed by atoms with Crippen LogP contribution in [0.4, 0.5) is 0 Å². The van der Waals surface area contributed by atoms with Crippen molar-refractivity contribution in [2.24, 2.45) is 17.6 Å². The molecule has 2 N–H and O–H groups in total. The van der Waals surface area contributed by atoms with E-state index >= 15 is 0 Å². The van der Waals surface area contributed by atoms with Gasteiger partial charge in [0.05, 0.1) is 5.92 Å². The van der Waals surface area contributed by atoms with Crippen LogP contribution < -0.4 is 5.73 Å². The average molecular weight is 237 g/mol. The third-order valence-corrected chi connectivity index (χ3v) is 4.03. The number of hydrogen-bond acceptors (Lipinski definition) is 2. The predicted molar refractivity (Wildman–Crippen MR) is 56.3 cm³/mol. The van der Waals surface area contributed by atoms with Crippen LogP contribution in [0, 0.1) is 11.8 Å². The fourth-order valence-corrected chi connectivity index (χ4v) is 2.52. The van der Waals surface area contributed by atoms with Crippen LogP contribution in [0.25, 0.3) is 0 Å². The maximum Gasteiger partial charge on any atom is 0.221 e. The Hall–Kier alpha value is 0.01000. The Morgan fingerprint density at radius 1 is 1.57 bits per heavy atom. The number of primary amides is 1. The summed E-state index contributed by atoms with van der Waals surface area (Å²) >= 11 is 11.9. The van der Waals surface area contributed by atoms with Gasteiger partial charge in [0.25, 0.3) is 0 Å². The van der Waals surface area contributed by atoms with Gasteiger partial charge in [0.15, 0.2) is 0 Å². The SMILES string of the molecule is NC(=O)[C@H]1CCN(C[C@@H]2CC2(Cl)Cl)C1. The molecule has 1 heterocycles. The molecule has 0 aromatic heterocycles. The second-order valence-electron chi connectivity index (χ2n) is 4.31. The highest BCUT2D eigenvalue weighted by Crippen LogP contribution is 2.53. The summed E-state index contributed by atoms with van der Waals surface area (Å²) in [4.78, 5) is 13.1. The molecule has 3 nitrogen and oxygen atoms in total. The summed E-state index contributed by atoms with van der Waals surface area (Å²) in [6.45, 7) is 2.61. The molecule has 1 aliphatic carbocycles. The van der Waals surface area contributed by atoms with Crippen molar-refractivity contribution < 1.29 is 4.79 Å². The summed E-state index contributed by atoms with van der Waals surface area (Å²) in [5.41, 5.74) is 5.24. The molecule has 1 saturated heterocycles. The number of halogens is 2. The van der Waals surface area contributed by atoms with Gasteiger partial charge in [-0.05, 0) is 19.4 Å². The molecule has 2 fully saturated rings. The first-order chi connectivity index (χ1) is 6.49. The number of carbonyl (C=O) groups is 1. The number of nitrogens with zero attached hydrogens (tertiary/aromatic N) is 1. The number of carbonyl (C=O) groups excluding carboxylic acids is 1. The molecule has 0 radical (unpaired) electrons. The fraction of sp³-hybridized carbons (Fsp3) is 0.889. The zero-order chi connectivity index (χ0) is 10.3. The van der Waals surface area contributed by atoms with Gasteiger partial charge in [0.1, 0.15) is 4.33 Å². The Labute approximate surface area is 93.5 Å². The predicted octanol–water partition coefficient (Wildman–Crippen LogP) is 0.987. The van der Waals surface area contributed by atoms with Crippen molar-refractivity contribution in [3.8, 4) is 0 Å². The number of nitrogens with two attached hydrogens (primary N) is 1. The molecule has 0 spiro atoms. The third kappa shape index (κ3) is 2.15. The summed E-state index contributed by atoms with van der Waals surface area (Å²) in [6.07, 6.45) is 1.74. The molecule has 80 valence electrons. The van der Waals surface area contributed by atoms with Crippen LogP contribution in [0.1, 0.15) is 12.8 Å². The van der Waals surface area contributed by atoms with Crippen LogP contribution >= 0.6 is 23.2 Å². The summed E-state index contributed by atoms with van der Waals surface area (Å²) in [5, 5.41) is 0. The maximum absolute atomic E-state index is 10.9. The van der Waals surface area contributed by atoms with Crippen LogP contribution in [0.5, 0.6) is 0 Å². The van der Waals surface area contributed by atoms with Gasteiger partial charge < -0.3 is 10.6 Å². The Kier molecular flexibility index (Phi) is 2.66. The molecule has 1 amide bonds. The van der Waals surface area contributed by atoms with E-state index in [-0.39, 0.29) is 11.8 Å². The molecule has 2 rings (SSSR count). The highest BCUT2D eigenvalue weighted by atomic mass is 35.5. The van der Waals surface area contributed by atoms with E-state index in [1.807, 2.05) is 0 Å². The number of likely N-dealkylation sites (tertiary alicyclic amines) is 1. The summed E-state index contributed by atoms with van der Waals surface area (Å²) in [5.74, 6) is 0.206. The Morgan fingerprint density at radius 2 is 2.21 bits per heavy atom. The minimum Gasteiger partial charge on any atom is -0.369 e. The molecule has 14 heavy (non-hydrogen) atoms. The highest BCUT2D eigenvalue weighted by molar-refractivity contribution is 6.50. The number of amides is 1. The topological polar surface area (TPSA) is 46.3 Å². The van der Waals surface area contributed by atoms with Crippen molar-refractivity contribution in [3.05, 3.63) is 0 Å². The summed E-state index contributed by atoms with van der Waals surface area (Å²) < 4.78 is -0.509. The van der Waals surface area contributed by atoms with Crippen molar-refractivity contribution in [2.45, 2.75) is 17.2 Å². The second kappa shape index (κ2) is 3.54. The third-order valence-electron chi connectivity index (χ3n) is 3.11. The van der Waals surface area contributed by atoms with E-state index in [0.29, 0.717) is 5.92 Å². The first-order valence-electron chi connectivity index (χ1n) is 4.88. The Bertz CT molecular complexity index is 257. The molecule has 5 heteroatoms. The van der Waals surface area contributed by atoms with Crippen molar-refractivity contribution in [1.82, 2.24) is 4.90 Å². The zero-order valence-corrected chi connectivity index (χ0v) is 9.39. The van der Waals surface area contributed by atoms with Gasteiger partial charge in [-0.2, -0.15) is 0 Å². The minimum absolute atomic E-state index is 0.0220. The summed E-state index contributed by atoms with van der Waals surface area (Å²) in [7, 11) is 0. The number of rotatable bonds is 3. The van der Waals surface area contributed by atoms with E-state index in [4.69, 9.17) is 28.9 Å². The quantitative estimate of drug-likeness (QED) is 0.744. The first-order valence-corrected chi connectivity index (χ1v) is 5.64. The van der Waals surface area contributed by atoms with Crippen molar-refractivity contribution in [3.63, 3.8) is 0 Å². The number of alkyl halides is 2. The van der Waals surface area contributed by atoms with E-state index in [1.165, 1.54) is 0 Å². The average Bonchev–Trinajstić information content (AvgIpc) is 2.51. The van der Waals surface area contributed by atoms with Crippen LogP contribution in [0.15, 0.2) is 0 Å². The molecule has 0 aromatic carbocycles. The number of hydrogen-bond donors (Lipinski definition) is 1. The first kappa shape index (κ1) is 10.5. The van der Waals surface area contributed by atoms with E-state index < -0.39 is 4.33 Å². The molecule has 1 saturated carbocycles. The van der Waals surface area contributed by atoms with Gasteiger partial charge in [0.2, 0.25) is 5.91 Å². The molecule has 1 aliphatic heterocycles. The van der Waals surface area contributed by atoms with Gasteiger partial charge in [-0.15, -0.1) is 23.2 Å². The van der Waals surface area contributed by atoms with Gasteiger partial charge in [-0.3, -0.25) is 4.79 Å². The van der Waals surface area contributed by atoms with E-state index in [9.17, 15) is 4.79 Å². The molecular formula is C9H14Cl2N2O. The van der Waals surface area contributed by atoms with E-state index in [2.05, 4.69) is 4.90 Å².